The molecule has 0 saturated heterocycles. The smallest absolute Gasteiger partial charge is 0.185 e. The maximum atomic E-state index is 11.4. The SMILES string of the molecule is BN1CCc2cc(O)c(C(C)=O)cc2C(C)C1. The molecule has 4 heteroatoms. The third-order valence-electron chi connectivity index (χ3n) is 3.52. The molecule has 1 aromatic rings. The average molecular weight is 231 g/mol. The number of phenols is 1. The van der Waals surface area contributed by atoms with Gasteiger partial charge in [0.1, 0.15) is 5.75 Å². The van der Waals surface area contributed by atoms with Crippen molar-refractivity contribution in [1.82, 2.24) is 4.81 Å². The minimum atomic E-state index is -0.0740. The first-order valence-corrected chi connectivity index (χ1v) is 6.04. The van der Waals surface area contributed by atoms with E-state index >= 15 is 0 Å². The van der Waals surface area contributed by atoms with Gasteiger partial charge in [-0.3, -0.25) is 4.79 Å². The minimum Gasteiger partial charge on any atom is -0.507 e. The van der Waals surface area contributed by atoms with Gasteiger partial charge in [-0.1, -0.05) is 6.92 Å². The lowest BCUT2D eigenvalue weighted by Gasteiger charge is -2.18. The van der Waals surface area contributed by atoms with Crippen LogP contribution in [-0.2, 0) is 6.42 Å². The predicted octanol–water partition coefficient (Wildman–Crippen LogP) is 1.10. The number of phenolic OH excluding ortho intramolecular Hbond substituents is 1. The summed E-state index contributed by atoms with van der Waals surface area (Å²) in [6, 6.07) is 3.64. The van der Waals surface area contributed by atoms with Gasteiger partial charge in [0.15, 0.2) is 13.8 Å². The van der Waals surface area contributed by atoms with Gasteiger partial charge in [0.25, 0.3) is 0 Å². The van der Waals surface area contributed by atoms with Crippen molar-refractivity contribution in [2.75, 3.05) is 13.1 Å². The number of carbonyl (C=O) groups is 1. The summed E-state index contributed by atoms with van der Waals surface area (Å²) >= 11 is 0. The quantitative estimate of drug-likeness (QED) is 0.581. The summed E-state index contributed by atoms with van der Waals surface area (Å²) in [5.74, 6) is 0.444. The summed E-state index contributed by atoms with van der Waals surface area (Å²) in [5.41, 5.74) is 2.82. The number of hydrogen-bond acceptors (Lipinski definition) is 3. The van der Waals surface area contributed by atoms with Crippen LogP contribution in [0.1, 0.15) is 41.3 Å². The fourth-order valence-corrected chi connectivity index (χ4v) is 2.57. The van der Waals surface area contributed by atoms with Crippen molar-refractivity contribution in [2.24, 2.45) is 0 Å². The number of carbonyl (C=O) groups excluding carboxylic acids is 1. The highest BCUT2D eigenvalue weighted by Crippen LogP contribution is 2.30. The van der Waals surface area contributed by atoms with E-state index in [2.05, 4.69) is 19.7 Å². The van der Waals surface area contributed by atoms with Gasteiger partial charge in [-0.05, 0) is 55.6 Å². The molecule has 1 atom stereocenters. The van der Waals surface area contributed by atoms with Crippen LogP contribution in [0.5, 0.6) is 5.75 Å². The number of benzene rings is 1. The van der Waals surface area contributed by atoms with Crippen molar-refractivity contribution < 1.29 is 9.90 Å². The molecule has 2 rings (SSSR count). The number of Topliss-reactive ketones (excluding diaryl/α,β-unsaturated/α-hetero) is 1. The molecule has 90 valence electrons. The van der Waals surface area contributed by atoms with Gasteiger partial charge in [0, 0.05) is 0 Å². The van der Waals surface area contributed by atoms with Gasteiger partial charge in [-0.15, -0.1) is 0 Å². The number of aromatic hydroxyl groups is 1. The Labute approximate surface area is 103 Å². The van der Waals surface area contributed by atoms with Gasteiger partial charge >= 0.3 is 0 Å². The van der Waals surface area contributed by atoms with Crippen molar-refractivity contribution >= 4 is 13.8 Å². The number of rotatable bonds is 1. The summed E-state index contributed by atoms with van der Waals surface area (Å²) in [6.45, 7) is 5.65. The fourth-order valence-electron chi connectivity index (χ4n) is 2.57. The number of nitrogens with zero attached hydrogens (tertiary/aromatic N) is 1. The highest BCUT2D eigenvalue weighted by molar-refractivity contribution is 6.04. The molecular weight excluding hydrogens is 213 g/mol. The van der Waals surface area contributed by atoms with Crippen LogP contribution >= 0.6 is 0 Å². The molecule has 1 aliphatic rings. The Morgan fingerprint density at radius 1 is 1.53 bits per heavy atom. The topological polar surface area (TPSA) is 40.5 Å². The third-order valence-corrected chi connectivity index (χ3v) is 3.52. The van der Waals surface area contributed by atoms with Gasteiger partial charge in [-0.25, -0.2) is 0 Å². The van der Waals surface area contributed by atoms with Gasteiger partial charge < -0.3 is 9.92 Å². The molecule has 0 aromatic heterocycles. The zero-order valence-electron chi connectivity index (χ0n) is 10.7. The zero-order valence-corrected chi connectivity index (χ0v) is 10.7. The van der Waals surface area contributed by atoms with E-state index in [9.17, 15) is 9.90 Å². The molecule has 1 aliphatic heterocycles. The molecule has 0 bridgehead atoms. The van der Waals surface area contributed by atoms with E-state index in [-0.39, 0.29) is 11.5 Å². The van der Waals surface area contributed by atoms with Crippen molar-refractivity contribution in [2.45, 2.75) is 26.2 Å². The fraction of sp³-hybridized carbons (Fsp3) is 0.462. The lowest BCUT2D eigenvalue weighted by molar-refractivity contribution is 0.101. The zero-order chi connectivity index (χ0) is 12.6. The van der Waals surface area contributed by atoms with E-state index in [1.165, 1.54) is 18.1 Å². The molecule has 0 fully saturated rings. The molecule has 0 spiro atoms. The summed E-state index contributed by atoms with van der Waals surface area (Å²) in [5, 5.41) is 9.85. The molecule has 1 aromatic carbocycles. The van der Waals surface area contributed by atoms with E-state index in [0.717, 1.165) is 19.5 Å². The van der Waals surface area contributed by atoms with Crippen LogP contribution in [0.3, 0.4) is 0 Å². The number of fused-ring (bicyclic) bond motifs is 1. The molecule has 0 aliphatic carbocycles. The summed E-state index contributed by atoms with van der Waals surface area (Å²) in [6.07, 6.45) is 0.932. The second-order valence-corrected chi connectivity index (χ2v) is 5.04. The molecular formula is C13H18BNO2. The standard InChI is InChI=1S/C13H18BNO2/c1-8-7-15(14)4-3-10-5-13(17)12(9(2)16)6-11(8)10/h5-6,8,17H,3-4,7,14H2,1-2H3. The van der Waals surface area contributed by atoms with Crippen LogP contribution in [0.15, 0.2) is 12.1 Å². The van der Waals surface area contributed by atoms with Gasteiger partial charge in [-0.2, -0.15) is 0 Å². The Balaban J connectivity index is 2.50. The Kier molecular flexibility index (Phi) is 3.25. The molecule has 3 nitrogen and oxygen atoms in total. The monoisotopic (exact) mass is 231 g/mol. The minimum absolute atomic E-state index is 0.0740. The first-order chi connectivity index (χ1) is 7.99. The van der Waals surface area contributed by atoms with Gasteiger partial charge in [0.2, 0.25) is 0 Å². The van der Waals surface area contributed by atoms with E-state index < -0.39 is 0 Å². The second-order valence-electron chi connectivity index (χ2n) is 5.04. The lowest BCUT2D eigenvalue weighted by atomic mass is 9.92. The van der Waals surface area contributed by atoms with Crippen LogP contribution in [0.25, 0.3) is 0 Å². The normalized spacial score (nSPS) is 20.7. The van der Waals surface area contributed by atoms with Crippen molar-refractivity contribution in [3.05, 3.63) is 28.8 Å². The van der Waals surface area contributed by atoms with Gasteiger partial charge in [0.05, 0.1) is 5.56 Å². The number of hydrogen-bond donors (Lipinski definition) is 1. The summed E-state index contributed by atoms with van der Waals surface area (Å²) in [7, 11) is 2.11. The Morgan fingerprint density at radius 3 is 2.88 bits per heavy atom. The van der Waals surface area contributed by atoms with E-state index in [1.807, 2.05) is 6.07 Å². The molecule has 0 radical (unpaired) electrons. The molecule has 0 saturated carbocycles. The van der Waals surface area contributed by atoms with Crippen molar-refractivity contribution in [3.63, 3.8) is 0 Å². The molecule has 1 unspecified atom stereocenters. The largest absolute Gasteiger partial charge is 0.507 e. The third kappa shape index (κ3) is 2.37. The van der Waals surface area contributed by atoms with Crippen LogP contribution in [0.2, 0.25) is 0 Å². The number of ketones is 1. The van der Waals surface area contributed by atoms with Crippen LogP contribution in [0, 0.1) is 0 Å². The van der Waals surface area contributed by atoms with Crippen LogP contribution in [0.4, 0.5) is 0 Å². The molecule has 1 N–H and O–H groups in total. The van der Waals surface area contributed by atoms with Crippen molar-refractivity contribution in [1.29, 1.82) is 0 Å². The Hall–Kier alpha value is -1.29. The Morgan fingerprint density at radius 2 is 2.24 bits per heavy atom. The van der Waals surface area contributed by atoms with Crippen LogP contribution in [-0.4, -0.2) is 36.8 Å². The maximum Gasteiger partial charge on any atom is 0.185 e. The second kappa shape index (κ2) is 4.53. The first-order valence-electron chi connectivity index (χ1n) is 6.04. The molecule has 1 heterocycles. The highest BCUT2D eigenvalue weighted by Gasteiger charge is 2.20. The van der Waals surface area contributed by atoms with Crippen LogP contribution < -0.4 is 0 Å². The molecule has 0 amide bonds. The maximum absolute atomic E-state index is 11.4. The first kappa shape index (κ1) is 12.2. The average Bonchev–Trinajstić information content (AvgIpc) is 2.37. The lowest BCUT2D eigenvalue weighted by Crippen LogP contribution is -2.24. The van der Waals surface area contributed by atoms with E-state index in [0.29, 0.717) is 11.5 Å². The summed E-state index contributed by atoms with van der Waals surface area (Å²) < 4.78 is 0. The van der Waals surface area contributed by atoms with Crippen molar-refractivity contribution in [3.8, 4) is 5.75 Å². The Bertz CT molecular complexity index is 459. The predicted molar refractivity (Wildman–Crippen MR) is 70.3 cm³/mol. The summed E-state index contributed by atoms with van der Waals surface area (Å²) in [4.78, 5) is 13.7. The molecule has 17 heavy (non-hydrogen) atoms. The highest BCUT2D eigenvalue weighted by atomic mass is 16.3. The van der Waals surface area contributed by atoms with E-state index in [1.54, 1.807) is 6.07 Å². The van der Waals surface area contributed by atoms with E-state index in [4.69, 9.17) is 0 Å².